The first-order valence-electron chi connectivity index (χ1n) is 17.6. The third-order valence-corrected chi connectivity index (χ3v) is 10.8. The number of anilines is 1. The van der Waals surface area contributed by atoms with E-state index in [1.54, 1.807) is 22.0 Å². The van der Waals surface area contributed by atoms with Crippen LogP contribution in [0.3, 0.4) is 0 Å². The molecule has 3 saturated heterocycles. The van der Waals surface area contributed by atoms with Crippen molar-refractivity contribution in [2.24, 2.45) is 11.8 Å². The van der Waals surface area contributed by atoms with Crippen LogP contribution in [0.25, 0.3) is 0 Å². The zero-order chi connectivity index (χ0) is 33.8. The van der Waals surface area contributed by atoms with Crippen molar-refractivity contribution in [1.82, 2.24) is 9.80 Å². The molecule has 48 heavy (non-hydrogen) atoms. The number of amides is 3. The van der Waals surface area contributed by atoms with Gasteiger partial charge in [-0.1, -0.05) is 61.7 Å². The minimum Gasteiger partial charge on any atom is -0.494 e. The Labute approximate surface area is 284 Å². The number of likely N-dealkylation sites (tertiary alicyclic amines) is 1. The zero-order valence-electron chi connectivity index (χ0n) is 28.0. The van der Waals surface area contributed by atoms with E-state index in [4.69, 9.17) is 9.47 Å². The lowest BCUT2D eigenvalue weighted by atomic mass is 9.70. The van der Waals surface area contributed by atoms with Crippen LogP contribution in [-0.2, 0) is 25.5 Å². The molecule has 1 aliphatic carbocycles. The Morgan fingerprint density at radius 1 is 1.02 bits per heavy atom. The number of hydrogen-bond donors (Lipinski definition) is 1. The third-order valence-electron chi connectivity index (χ3n) is 10.8. The lowest BCUT2D eigenvalue weighted by Crippen LogP contribution is -2.60. The van der Waals surface area contributed by atoms with E-state index in [0.717, 1.165) is 37.7 Å². The predicted octanol–water partition coefficient (Wildman–Crippen LogP) is 4.93. The maximum atomic E-state index is 15.0. The number of fused-ring (bicyclic) bond motifs is 1. The van der Waals surface area contributed by atoms with Crippen LogP contribution in [0.1, 0.15) is 57.4 Å². The Kier molecular flexibility index (Phi) is 10.4. The molecule has 9 heteroatoms. The molecule has 2 aromatic carbocycles. The number of hydrogen-bond acceptors (Lipinski definition) is 6. The second kappa shape index (κ2) is 14.7. The van der Waals surface area contributed by atoms with Crippen LogP contribution in [-0.4, -0.2) is 88.8 Å². The average molecular weight is 656 g/mol. The van der Waals surface area contributed by atoms with Crippen molar-refractivity contribution in [2.45, 2.75) is 88.1 Å². The van der Waals surface area contributed by atoms with Crippen LogP contribution in [0.2, 0.25) is 0 Å². The van der Waals surface area contributed by atoms with Gasteiger partial charge in [0.2, 0.25) is 17.7 Å². The molecular formula is C39H49N3O6. The zero-order valence-corrected chi connectivity index (χ0v) is 28.0. The molecule has 9 nitrogen and oxygen atoms in total. The molecule has 6 rings (SSSR count). The highest BCUT2D eigenvalue weighted by atomic mass is 16.5. The Hall–Kier alpha value is -3.95. The van der Waals surface area contributed by atoms with Crippen LogP contribution in [0.15, 0.2) is 79.9 Å². The summed E-state index contributed by atoms with van der Waals surface area (Å²) in [5.74, 6) is -1.63. The summed E-state index contributed by atoms with van der Waals surface area (Å²) in [7, 11) is 0. The van der Waals surface area contributed by atoms with Crippen molar-refractivity contribution >= 4 is 23.4 Å². The van der Waals surface area contributed by atoms with Gasteiger partial charge in [-0.15, -0.1) is 13.2 Å². The lowest BCUT2D eigenvalue weighted by Gasteiger charge is -2.42. The summed E-state index contributed by atoms with van der Waals surface area (Å²) in [5.41, 5.74) is 0.448. The van der Waals surface area contributed by atoms with E-state index in [-0.39, 0.29) is 36.9 Å². The van der Waals surface area contributed by atoms with Gasteiger partial charge < -0.3 is 29.3 Å². The van der Waals surface area contributed by atoms with Gasteiger partial charge in [-0.25, -0.2) is 0 Å². The van der Waals surface area contributed by atoms with Gasteiger partial charge in [-0.2, -0.15) is 0 Å². The number of aliphatic hydroxyl groups excluding tert-OH is 1. The first-order valence-corrected chi connectivity index (χ1v) is 17.6. The van der Waals surface area contributed by atoms with Crippen molar-refractivity contribution in [3.63, 3.8) is 0 Å². The highest BCUT2D eigenvalue weighted by Crippen LogP contribution is 2.59. The Morgan fingerprint density at radius 3 is 2.38 bits per heavy atom. The van der Waals surface area contributed by atoms with Gasteiger partial charge in [0.1, 0.15) is 17.4 Å². The largest absolute Gasteiger partial charge is 0.494 e. The van der Waals surface area contributed by atoms with E-state index in [1.165, 1.54) is 0 Å². The highest BCUT2D eigenvalue weighted by Gasteiger charge is 2.75. The number of nitrogens with zero attached hydrogens (tertiary/aromatic N) is 3. The average Bonchev–Trinajstić information content (AvgIpc) is 3.77. The Balaban J connectivity index is 1.40. The highest BCUT2D eigenvalue weighted by molar-refractivity contribution is 6.03. The molecule has 2 unspecified atom stereocenters. The summed E-state index contributed by atoms with van der Waals surface area (Å²) >= 11 is 0. The van der Waals surface area contributed by atoms with Crippen LogP contribution < -0.4 is 9.64 Å². The topological polar surface area (TPSA) is 99.6 Å². The fourth-order valence-electron chi connectivity index (χ4n) is 8.81. The molecule has 3 heterocycles. The van der Waals surface area contributed by atoms with Crippen molar-refractivity contribution in [3.8, 4) is 5.75 Å². The fourth-order valence-corrected chi connectivity index (χ4v) is 8.81. The van der Waals surface area contributed by atoms with Gasteiger partial charge in [0.15, 0.2) is 0 Å². The molecule has 4 aliphatic rings. The minimum absolute atomic E-state index is 0.0390. The molecule has 1 saturated carbocycles. The van der Waals surface area contributed by atoms with Crippen LogP contribution in [0, 0.1) is 11.8 Å². The Morgan fingerprint density at radius 2 is 1.73 bits per heavy atom. The molecule has 0 radical (unpaired) electrons. The number of ether oxygens (including phenoxy) is 2. The molecule has 6 atom stereocenters. The van der Waals surface area contributed by atoms with Gasteiger partial charge >= 0.3 is 0 Å². The van der Waals surface area contributed by atoms with E-state index >= 15 is 4.79 Å². The normalized spacial score (nSPS) is 27.0. The Bertz CT molecular complexity index is 1470. The van der Waals surface area contributed by atoms with E-state index < -0.39 is 35.6 Å². The maximum absolute atomic E-state index is 15.0. The number of aliphatic hydroxyl groups is 1. The van der Waals surface area contributed by atoms with Gasteiger partial charge in [0, 0.05) is 24.8 Å². The second-order valence-corrected chi connectivity index (χ2v) is 13.6. The molecule has 4 fully saturated rings. The summed E-state index contributed by atoms with van der Waals surface area (Å²) in [6, 6.07) is 15.4. The van der Waals surface area contributed by atoms with E-state index in [0.29, 0.717) is 43.9 Å². The molecule has 3 amide bonds. The quantitative estimate of drug-likeness (QED) is 0.290. The summed E-state index contributed by atoms with van der Waals surface area (Å²) in [6.45, 7) is 10.6. The second-order valence-electron chi connectivity index (χ2n) is 13.6. The number of benzene rings is 2. The summed E-state index contributed by atoms with van der Waals surface area (Å²) < 4.78 is 12.4. The van der Waals surface area contributed by atoms with Gasteiger partial charge in [-0.05, 0) is 68.9 Å². The van der Waals surface area contributed by atoms with Crippen LogP contribution in [0.5, 0.6) is 5.75 Å². The van der Waals surface area contributed by atoms with Crippen molar-refractivity contribution in [3.05, 3.63) is 85.5 Å². The summed E-state index contributed by atoms with van der Waals surface area (Å²) in [4.78, 5) is 49.7. The lowest BCUT2D eigenvalue weighted by molar-refractivity contribution is -0.153. The van der Waals surface area contributed by atoms with Gasteiger partial charge in [0.25, 0.3) is 0 Å². The van der Waals surface area contributed by atoms with Gasteiger partial charge in [0.05, 0.1) is 37.2 Å². The van der Waals surface area contributed by atoms with E-state index in [9.17, 15) is 14.7 Å². The number of carbonyl (C=O) groups excluding carboxylic acids is 3. The fraction of sp³-hybridized carbons (Fsp3) is 0.513. The SMILES string of the molecule is C=CCN(C(=O)[C@@H]1[C@@H]2CCC3(O2)C(C(=O)N(CC=C)C2CCCCC2)N([C@@H](CO)Cc2ccccc2)C(=O)[C@H]13)c1ccc(OCC)cc1. The predicted molar refractivity (Wildman–Crippen MR) is 184 cm³/mol. The maximum Gasteiger partial charge on any atom is 0.248 e. The molecule has 2 aromatic rings. The number of rotatable bonds is 14. The molecule has 1 spiro atoms. The summed E-state index contributed by atoms with van der Waals surface area (Å²) in [5, 5.41) is 10.9. The molecule has 1 N–H and O–H groups in total. The molecule has 0 aromatic heterocycles. The molecule has 3 aliphatic heterocycles. The third kappa shape index (κ3) is 6.07. The van der Waals surface area contributed by atoms with E-state index in [2.05, 4.69) is 13.2 Å². The smallest absolute Gasteiger partial charge is 0.248 e. The van der Waals surface area contributed by atoms with Crippen molar-refractivity contribution < 1.29 is 29.0 Å². The standard InChI is InChI=1S/C39H49N3O6/c1-4-23-40(29-17-19-31(20-18-29)47-6-3)36(44)33-32-21-22-39(48-32)34(33)37(45)42(30(26-43)25-27-13-9-7-10-14-27)35(39)38(46)41(24-5-2)28-15-11-8-12-16-28/h4-5,7,9-10,13-14,17-20,28,30,32-35,43H,1-2,6,8,11-12,15-16,21-26H2,3H3/t30-,32+,33-,34+,35?,39?/m1/s1. The van der Waals surface area contributed by atoms with E-state index in [1.807, 2.05) is 66.4 Å². The minimum atomic E-state index is -1.17. The first kappa shape index (κ1) is 33.9. The van der Waals surface area contributed by atoms with Crippen LogP contribution in [0.4, 0.5) is 5.69 Å². The first-order chi connectivity index (χ1) is 23.4. The van der Waals surface area contributed by atoms with Crippen molar-refractivity contribution in [2.75, 3.05) is 31.2 Å². The molecule has 256 valence electrons. The van der Waals surface area contributed by atoms with Crippen molar-refractivity contribution in [1.29, 1.82) is 0 Å². The summed E-state index contributed by atoms with van der Waals surface area (Å²) in [6.07, 6.45) is 9.37. The number of carbonyl (C=O) groups is 3. The molecular weight excluding hydrogens is 606 g/mol. The van der Waals surface area contributed by atoms with Gasteiger partial charge in [-0.3, -0.25) is 14.4 Å². The van der Waals surface area contributed by atoms with Crippen LogP contribution >= 0.6 is 0 Å². The monoisotopic (exact) mass is 655 g/mol. The molecule has 2 bridgehead atoms.